The predicted molar refractivity (Wildman–Crippen MR) is 59.1 cm³/mol. The summed E-state index contributed by atoms with van der Waals surface area (Å²) in [5.74, 6) is 0.291. The van der Waals surface area contributed by atoms with Gasteiger partial charge in [0.05, 0.1) is 0 Å². The first kappa shape index (κ1) is 12.2. The molecule has 1 rings (SSSR count). The number of nitrogens with zero attached hydrogens (tertiary/aromatic N) is 1. The second kappa shape index (κ2) is 4.74. The van der Waals surface area contributed by atoms with Gasteiger partial charge in [0.2, 0.25) is 0 Å². The van der Waals surface area contributed by atoms with Crippen LogP contribution in [0.2, 0.25) is 0 Å². The Labute approximate surface area is 93.2 Å². The third kappa shape index (κ3) is 2.56. The number of carbonyl (C=O) groups excluding carboxylic acids is 1. The molecule has 86 valence electrons. The van der Waals surface area contributed by atoms with Crippen molar-refractivity contribution in [3.05, 3.63) is 0 Å². The summed E-state index contributed by atoms with van der Waals surface area (Å²) in [5, 5.41) is 11.7. The lowest BCUT2D eigenvalue weighted by molar-refractivity contribution is -0.143. The fourth-order valence-corrected chi connectivity index (χ4v) is 2.65. The van der Waals surface area contributed by atoms with Crippen LogP contribution in [0.5, 0.6) is 0 Å². The molecule has 1 heterocycles. The Morgan fingerprint density at radius 2 is 2.27 bits per heavy atom. The topological polar surface area (TPSA) is 69.6 Å². The molecule has 1 aliphatic rings. The van der Waals surface area contributed by atoms with E-state index in [1.165, 1.54) is 4.90 Å². The molecule has 5 nitrogen and oxygen atoms in total. The Morgan fingerprint density at radius 1 is 1.60 bits per heavy atom. The summed E-state index contributed by atoms with van der Waals surface area (Å²) in [7, 11) is 1.65. The minimum absolute atomic E-state index is 0.317. The van der Waals surface area contributed by atoms with E-state index in [1.54, 1.807) is 18.8 Å². The first-order chi connectivity index (χ1) is 7.02. The third-order valence-electron chi connectivity index (χ3n) is 2.60. The molecule has 0 spiro atoms. The number of aliphatic carboxylic acids is 1. The normalized spacial score (nSPS) is 24.9. The van der Waals surface area contributed by atoms with Gasteiger partial charge in [-0.15, -0.1) is 0 Å². The minimum atomic E-state index is -1.06. The van der Waals surface area contributed by atoms with Gasteiger partial charge in [0.15, 0.2) is 0 Å². The minimum Gasteiger partial charge on any atom is -0.479 e. The first-order valence-corrected chi connectivity index (χ1v) is 6.02. The number of amides is 2. The van der Waals surface area contributed by atoms with Crippen molar-refractivity contribution in [1.82, 2.24) is 10.2 Å². The summed E-state index contributed by atoms with van der Waals surface area (Å²) in [6.07, 6.45) is 0.496. The second-order valence-corrected chi connectivity index (χ2v) is 4.74. The molecule has 0 aromatic heterocycles. The zero-order valence-electron chi connectivity index (χ0n) is 8.95. The lowest BCUT2D eigenvalue weighted by Crippen LogP contribution is -2.57. The highest BCUT2D eigenvalue weighted by atomic mass is 32.2. The highest BCUT2D eigenvalue weighted by Crippen LogP contribution is 2.28. The number of urea groups is 1. The van der Waals surface area contributed by atoms with Crippen molar-refractivity contribution in [3.8, 4) is 0 Å². The molecule has 1 atom stereocenters. The predicted octanol–water partition coefficient (Wildman–Crippen LogP) is 0.608. The highest BCUT2D eigenvalue weighted by molar-refractivity contribution is 7.99. The van der Waals surface area contributed by atoms with E-state index in [1.807, 2.05) is 6.92 Å². The molecule has 2 N–H and O–H groups in total. The number of rotatable bonds is 3. The largest absolute Gasteiger partial charge is 0.479 e. The van der Waals surface area contributed by atoms with E-state index in [-0.39, 0.29) is 6.03 Å². The van der Waals surface area contributed by atoms with Gasteiger partial charge in [-0.05, 0) is 19.1 Å². The van der Waals surface area contributed by atoms with Crippen LogP contribution in [-0.4, -0.2) is 52.6 Å². The van der Waals surface area contributed by atoms with Gasteiger partial charge in [-0.2, -0.15) is 11.8 Å². The molecule has 0 aliphatic carbocycles. The lowest BCUT2D eigenvalue weighted by atomic mass is 10.00. The Balaban J connectivity index is 2.67. The van der Waals surface area contributed by atoms with Crippen molar-refractivity contribution in [1.29, 1.82) is 0 Å². The smallest absolute Gasteiger partial charge is 0.330 e. The van der Waals surface area contributed by atoms with Gasteiger partial charge < -0.3 is 15.3 Å². The zero-order valence-corrected chi connectivity index (χ0v) is 9.76. The number of nitrogens with one attached hydrogen (secondary N) is 1. The number of hydrogen-bond donors (Lipinski definition) is 2. The molecule has 1 unspecified atom stereocenters. The number of thioether (sulfide) groups is 1. The van der Waals surface area contributed by atoms with Crippen molar-refractivity contribution in [2.24, 2.45) is 0 Å². The standard InChI is InChI=1S/C9H16N2O3S/c1-3-11(2)8(14)10-9(7(12)13)4-5-15-6-9/h3-6H2,1-2H3,(H,10,14)(H,12,13). The molecule has 6 heteroatoms. The van der Waals surface area contributed by atoms with E-state index < -0.39 is 11.5 Å². The van der Waals surface area contributed by atoms with Crippen LogP contribution in [-0.2, 0) is 4.79 Å². The Morgan fingerprint density at radius 3 is 2.67 bits per heavy atom. The summed E-state index contributed by atoms with van der Waals surface area (Å²) < 4.78 is 0. The molecule has 1 aliphatic heterocycles. The van der Waals surface area contributed by atoms with Crippen LogP contribution in [0.1, 0.15) is 13.3 Å². The van der Waals surface area contributed by atoms with Crippen molar-refractivity contribution in [3.63, 3.8) is 0 Å². The number of carbonyl (C=O) groups is 2. The maximum Gasteiger partial charge on any atom is 0.330 e. The quantitative estimate of drug-likeness (QED) is 0.748. The average molecular weight is 232 g/mol. The van der Waals surface area contributed by atoms with E-state index in [9.17, 15) is 9.59 Å². The molecule has 1 saturated heterocycles. The number of hydrogen-bond acceptors (Lipinski definition) is 3. The SMILES string of the molecule is CCN(C)C(=O)NC1(C(=O)O)CCSC1. The average Bonchev–Trinajstić information content (AvgIpc) is 2.66. The fourth-order valence-electron chi connectivity index (χ4n) is 1.33. The molecule has 0 saturated carbocycles. The van der Waals surface area contributed by atoms with Crippen molar-refractivity contribution in [2.45, 2.75) is 18.9 Å². The lowest BCUT2D eigenvalue weighted by Gasteiger charge is -2.27. The third-order valence-corrected chi connectivity index (χ3v) is 3.79. The van der Waals surface area contributed by atoms with Gasteiger partial charge in [-0.25, -0.2) is 9.59 Å². The molecule has 0 radical (unpaired) electrons. The molecule has 0 aromatic carbocycles. The summed E-state index contributed by atoms with van der Waals surface area (Å²) in [5.41, 5.74) is -1.06. The van der Waals surface area contributed by atoms with Crippen LogP contribution in [0.4, 0.5) is 4.79 Å². The summed E-state index contributed by atoms with van der Waals surface area (Å²) in [4.78, 5) is 24.2. The van der Waals surface area contributed by atoms with E-state index in [2.05, 4.69) is 5.32 Å². The molecule has 0 bridgehead atoms. The monoisotopic (exact) mass is 232 g/mol. The maximum absolute atomic E-state index is 11.6. The van der Waals surface area contributed by atoms with Gasteiger partial charge in [0.25, 0.3) is 0 Å². The van der Waals surface area contributed by atoms with Gasteiger partial charge in [0.1, 0.15) is 5.54 Å². The summed E-state index contributed by atoms with van der Waals surface area (Å²) in [6, 6.07) is -0.317. The molecule has 0 aromatic rings. The van der Waals surface area contributed by atoms with Crippen LogP contribution in [0.25, 0.3) is 0 Å². The molecular weight excluding hydrogens is 216 g/mol. The van der Waals surface area contributed by atoms with E-state index in [4.69, 9.17) is 5.11 Å². The number of carboxylic acid groups (broad SMARTS) is 1. The van der Waals surface area contributed by atoms with Crippen LogP contribution in [0, 0.1) is 0 Å². The summed E-state index contributed by atoms with van der Waals surface area (Å²) >= 11 is 1.56. The second-order valence-electron chi connectivity index (χ2n) is 3.63. The van der Waals surface area contributed by atoms with Gasteiger partial charge in [-0.1, -0.05) is 0 Å². The van der Waals surface area contributed by atoms with Gasteiger partial charge in [0, 0.05) is 19.3 Å². The summed E-state index contributed by atoms with van der Waals surface area (Å²) in [6.45, 7) is 2.41. The molecular formula is C9H16N2O3S. The van der Waals surface area contributed by atoms with Crippen LogP contribution in [0.3, 0.4) is 0 Å². The van der Waals surface area contributed by atoms with E-state index in [0.717, 1.165) is 5.75 Å². The van der Waals surface area contributed by atoms with Gasteiger partial charge >= 0.3 is 12.0 Å². The van der Waals surface area contributed by atoms with Gasteiger partial charge in [-0.3, -0.25) is 0 Å². The number of carboxylic acids is 1. The Bertz CT molecular complexity index is 264. The van der Waals surface area contributed by atoms with Crippen LogP contribution < -0.4 is 5.32 Å². The van der Waals surface area contributed by atoms with E-state index >= 15 is 0 Å². The fraction of sp³-hybridized carbons (Fsp3) is 0.778. The maximum atomic E-state index is 11.6. The Hall–Kier alpha value is -0.910. The van der Waals surface area contributed by atoms with Crippen molar-refractivity contribution < 1.29 is 14.7 Å². The van der Waals surface area contributed by atoms with Crippen LogP contribution in [0.15, 0.2) is 0 Å². The van der Waals surface area contributed by atoms with E-state index in [0.29, 0.717) is 18.7 Å². The highest BCUT2D eigenvalue weighted by Gasteiger charge is 2.43. The molecule has 2 amide bonds. The zero-order chi connectivity index (χ0) is 11.5. The first-order valence-electron chi connectivity index (χ1n) is 4.86. The molecule has 1 fully saturated rings. The Kier molecular flexibility index (Phi) is 3.84. The molecule has 15 heavy (non-hydrogen) atoms. The van der Waals surface area contributed by atoms with Crippen molar-refractivity contribution in [2.75, 3.05) is 25.1 Å². The van der Waals surface area contributed by atoms with Crippen molar-refractivity contribution >= 4 is 23.8 Å². The van der Waals surface area contributed by atoms with Crippen LogP contribution >= 0.6 is 11.8 Å².